The minimum absolute atomic E-state index is 0.571. The third kappa shape index (κ3) is 2.27. The zero-order chi connectivity index (χ0) is 12.4. The topological polar surface area (TPSA) is 30.3 Å². The first-order valence-corrected chi connectivity index (χ1v) is 6.04. The van der Waals surface area contributed by atoms with Crippen molar-refractivity contribution < 1.29 is 0 Å². The lowest BCUT2D eigenvalue weighted by Gasteiger charge is -2.23. The Balaban J connectivity index is 2.23. The van der Waals surface area contributed by atoms with Gasteiger partial charge in [0.15, 0.2) is 0 Å². The molecule has 1 aromatic rings. The molecule has 1 saturated heterocycles. The SMILES string of the molecule is CC1CN(c2ccccc2C#N)CC1N(C)C. The van der Waals surface area contributed by atoms with Gasteiger partial charge in [-0.05, 0) is 32.1 Å². The molecule has 17 heavy (non-hydrogen) atoms. The lowest BCUT2D eigenvalue weighted by atomic mass is 10.1. The molecular weight excluding hydrogens is 210 g/mol. The number of para-hydroxylation sites is 1. The van der Waals surface area contributed by atoms with Gasteiger partial charge in [0.05, 0.1) is 11.3 Å². The standard InChI is InChI=1S/C14H19N3/c1-11-9-17(10-14(11)16(2)3)13-7-5-4-6-12(13)8-15/h4-7,11,14H,9-10H2,1-3H3. The Labute approximate surface area is 103 Å². The highest BCUT2D eigenvalue weighted by molar-refractivity contribution is 5.60. The van der Waals surface area contributed by atoms with E-state index in [0.29, 0.717) is 12.0 Å². The molecule has 2 atom stereocenters. The molecule has 0 saturated carbocycles. The maximum absolute atomic E-state index is 9.13. The Morgan fingerprint density at radius 2 is 2.00 bits per heavy atom. The van der Waals surface area contributed by atoms with E-state index < -0.39 is 0 Å². The van der Waals surface area contributed by atoms with Crippen LogP contribution < -0.4 is 4.90 Å². The van der Waals surface area contributed by atoms with Crippen LogP contribution in [0, 0.1) is 17.2 Å². The van der Waals surface area contributed by atoms with Crippen LogP contribution >= 0.6 is 0 Å². The molecule has 0 aliphatic carbocycles. The first kappa shape index (κ1) is 11.9. The summed E-state index contributed by atoms with van der Waals surface area (Å²) in [5.74, 6) is 0.636. The van der Waals surface area contributed by atoms with Gasteiger partial charge in [-0.2, -0.15) is 5.26 Å². The zero-order valence-electron chi connectivity index (χ0n) is 10.7. The summed E-state index contributed by atoms with van der Waals surface area (Å²) in [7, 11) is 4.25. The molecule has 1 aliphatic rings. The highest BCUT2D eigenvalue weighted by Crippen LogP contribution is 2.28. The van der Waals surface area contributed by atoms with E-state index in [2.05, 4.69) is 36.9 Å². The lowest BCUT2D eigenvalue weighted by molar-refractivity contribution is 0.266. The molecule has 0 radical (unpaired) electrons. The van der Waals surface area contributed by atoms with Crippen molar-refractivity contribution in [3.63, 3.8) is 0 Å². The molecule has 0 bridgehead atoms. The highest BCUT2D eigenvalue weighted by atomic mass is 15.2. The minimum atomic E-state index is 0.571. The second-order valence-electron chi connectivity index (χ2n) is 5.04. The smallest absolute Gasteiger partial charge is 0.101 e. The van der Waals surface area contributed by atoms with E-state index >= 15 is 0 Å². The molecule has 0 spiro atoms. The van der Waals surface area contributed by atoms with Crippen LogP contribution in [-0.4, -0.2) is 38.1 Å². The van der Waals surface area contributed by atoms with Gasteiger partial charge in [-0.25, -0.2) is 0 Å². The molecule has 3 nitrogen and oxygen atoms in total. The number of nitrogens with zero attached hydrogens (tertiary/aromatic N) is 3. The van der Waals surface area contributed by atoms with Crippen molar-refractivity contribution in [2.45, 2.75) is 13.0 Å². The summed E-state index contributed by atoms with van der Waals surface area (Å²) in [6, 6.07) is 10.7. The van der Waals surface area contributed by atoms with Gasteiger partial charge in [0.25, 0.3) is 0 Å². The second kappa shape index (κ2) is 4.77. The Morgan fingerprint density at radius 3 is 2.59 bits per heavy atom. The van der Waals surface area contributed by atoms with E-state index in [-0.39, 0.29) is 0 Å². The normalized spacial score (nSPS) is 24.1. The Morgan fingerprint density at radius 1 is 1.29 bits per heavy atom. The van der Waals surface area contributed by atoms with Crippen LogP contribution in [0.5, 0.6) is 0 Å². The summed E-state index contributed by atoms with van der Waals surface area (Å²) >= 11 is 0. The molecule has 0 N–H and O–H groups in total. The number of hydrogen-bond donors (Lipinski definition) is 0. The molecule has 90 valence electrons. The van der Waals surface area contributed by atoms with Crippen LogP contribution in [-0.2, 0) is 0 Å². The fraction of sp³-hybridized carbons (Fsp3) is 0.500. The first-order chi connectivity index (χ1) is 8.13. The molecule has 3 heteroatoms. The third-order valence-corrected chi connectivity index (χ3v) is 3.60. The van der Waals surface area contributed by atoms with Gasteiger partial charge in [-0.3, -0.25) is 0 Å². The number of rotatable bonds is 2. The van der Waals surface area contributed by atoms with Crippen LogP contribution in [0.25, 0.3) is 0 Å². The number of hydrogen-bond acceptors (Lipinski definition) is 3. The van der Waals surface area contributed by atoms with Crippen molar-refractivity contribution in [1.29, 1.82) is 5.26 Å². The zero-order valence-corrected chi connectivity index (χ0v) is 10.7. The predicted molar refractivity (Wildman–Crippen MR) is 70.0 cm³/mol. The van der Waals surface area contributed by atoms with Crippen LogP contribution in [0.15, 0.2) is 24.3 Å². The minimum Gasteiger partial charge on any atom is -0.369 e. The second-order valence-corrected chi connectivity index (χ2v) is 5.04. The van der Waals surface area contributed by atoms with Crippen molar-refractivity contribution in [1.82, 2.24) is 4.90 Å². The highest BCUT2D eigenvalue weighted by Gasteiger charge is 2.31. The van der Waals surface area contributed by atoms with Crippen LogP contribution in [0.3, 0.4) is 0 Å². The maximum atomic E-state index is 9.13. The third-order valence-electron chi connectivity index (χ3n) is 3.60. The van der Waals surface area contributed by atoms with Crippen molar-refractivity contribution in [3.05, 3.63) is 29.8 Å². The summed E-state index contributed by atoms with van der Waals surface area (Å²) in [4.78, 5) is 4.60. The maximum Gasteiger partial charge on any atom is 0.101 e. The largest absolute Gasteiger partial charge is 0.369 e. The average Bonchev–Trinajstić information content (AvgIpc) is 2.71. The van der Waals surface area contributed by atoms with E-state index in [1.54, 1.807) is 0 Å². The molecule has 1 heterocycles. The van der Waals surface area contributed by atoms with Gasteiger partial charge < -0.3 is 9.80 Å². The van der Waals surface area contributed by atoms with Gasteiger partial charge >= 0.3 is 0 Å². The van der Waals surface area contributed by atoms with Crippen molar-refractivity contribution in [2.75, 3.05) is 32.1 Å². The van der Waals surface area contributed by atoms with E-state index in [1.165, 1.54) is 0 Å². The van der Waals surface area contributed by atoms with E-state index in [0.717, 1.165) is 24.3 Å². The Kier molecular flexibility index (Phi) is 3.35. The molecular formula is C14H19N3. The van der Waals surface area contributed by atoms with E-state index in [4.69, 9.17) is 5.26 Å². The van der Waals surface area contributed by atoms with Gasteiger partial charge in [0.2, 0.25) is 0 Å². The summed E-state index contributed by atoms with van der Waals surface area (Å²) in [5.41, 5.74) is 1.85. The number of benzene rings is 1. The quantitative estimate of drug-likeness (QED) is 0.776. The summed E-state index contributed by atoms with van der Waals surface area (Å²) in [5, 5.41) is 9.13. The van der Waals surface area contributed by atoms with Crippen molar-refractivity contribution >= 4 is 5.69 Å². The van der Waals surface area contributed by atoms with E-state index in [1.807, 2.05) is 24.3 Å². The number of anilines is 1. The first-order valence-electron chi connectivity index (χ1n) is 6.04. The van der Waals surface area contributed by atoms with Gasteiger partial charge in [0.1, 0.15) is 6.07 Å². The predicted octanol–water partition coefficient (Wildman–Crippen LogP) is 1.94. The van der Waals surface area contributed by atoms with E-state index in [9.17, 15) is 0 Å². The number of likely N-dealkylation sites (N-methyl/N-ethyl adjacent to an activating group) is 1. The van der Waals surface area contributed by atoms with Gasteiger partial charge in [-0.15, -0.1) is 0 Å². The average molecular weight is 229 g/mol. The van der Waals surface area contributed by atoms with Crippen molar-refractivity contribution in [2.24, 2.45) is 5.92 Å². The fourth-order valence-electron chi connectivity index (χ4n) is 2.66. The Bertz CT molecular complexity index is 433. The molecule has 0 amide bonds. The molecule has 1 aliphatic heterocycles. The molecule has 2 rings (SSSR count). The molecule has 1 aromatic carbocycles. The molecule has 0 aromatic heterocycles. The van der Waals surface area contributed by atoms with Gasteiger partial charge in [-0.1, -0.05) is 19.1 Å². The van der Waals surface area contributed by atoms with Crippen molar-refractivity contribution in [3.8, 4) is 6.07 Å². The number of nitriles is 1. The van der Waals surface area contributed by atoms with Crippen LogP contribution in [0.1, 0.15) is 12.5 Å². The fourth-order valence-corrected chi connectivity index (χ4v) is 2.66. The molecule has 2 unspecified atom stereocenters. The van der Waals surface area contributed by atoms with Gasteiger partial charge in [0, 0.05) is 19.1 Å². The molecule has 1 fully saturated rings. The summed E-state index contributed by atoms with van der Waals surface area (Å²) in [6.45, 7) is 4.31. The monoisotopic (exact) mass is 229 g/mol. The lowest BCUT2D eigenvalue weighted by Crippen LogP contribution is -2.34. The van der Waals surface area contributed by atoms with Crippen LogP contribution in [0.4, 0.5) is 5.69 Å². The van der Waals surface area contributed by atoms with Crippen LogP contribution in [0.2, 0.25) is 0 Å². The summed E-state index contributed by atoms with van der Waals surface area (Å²) in [6.07, 6.45) is 0. The summed E-state index contributed by atoms with van der Waals surface area (Å²) < 4.78 is 0. The Hall–Kier alpha value is -1.53.